The van der Waals surface area contributed by atoms with Crippen LogP contribution in [0, 0.1) is 0 Å². The van der Waals surface area contributed by atoms with Crippen molar-refractivity contribution in [3.05, 3.63) is 17.0 Å². The molecule has 1 aromatic heterocycles. The first-order valence-corrected chi connectivity index (χ1v) is 7.96. The van der Waals surface area contributed by atoms with Crippen LogP contribution in [0.15, 0.2) is 0 Å². The maximum atomic E-state index is 12.2. The third kappa shape index (κ3) is 3.14. The quantitative estimate of drug-likeness (QED) is 0.810. The highest BCUT2D eigenvalue weighted by Gasteiger charge is 2.23. The largest absolute Gasteiger partial charge is 0.342 e. The first kappa shape index (κ1) is 15.0. The number of fused-ring (bicyclic) bond motifs is 1. The fourth-order valence-corrected chi connectivity index (χ4v) is 3.08. The Morgan fingerprint density at radius 2 is 1.91 bits per heavy atom. The third-order valence-electron chi connectivity index (χ3n) is 4.53. The van der Waals surface area contributed by atoms with E-state index in [1.54, 1.807) is 4.90 Å². The monoisotopic (exact) mass is 305 g/mol. The van der Waals surface area contributed by atoms with Crippen LogP contribution < -0.4 is 5.32 Å². The number of aromatic nitrogens is 2. The van der Waals surface area contributed by atoms with E-state index >= 15 is 0 Å². The van der Waals surface area contributed by atoms with E-state index in [1.165, 1.54) is 0 Å². The molecule has 2 amide bonds. The molecule has 0 saturated carbocycles. The van der Waals surface area contributed by atoms with Crippen molar-refractivity contribution in [2.75, 3.05) is 39.8 Å². The lowest BCUT2D eigenvalue weighted by Gasteiger charge is -2.32. The number of nitrogens with one attached hydrogen (secondary N) is 2. The van der Waals surface area contributed by atoms with Crippen LogP contribution in [0.3, 0.4) is 0 Å². The average molecular weight is 305 g/mol. The second-order valence-corrected chi connectivity index (χ2v) is 6.10. The van der Waals surface area contributed by atoms with E-state index in [1.807, 2.05) is 7.05 Å². The maximum Gasteiger partial charge on any atom is 0.272 e. The van der Waals surface area contributed by atoms with E-state index in [-0.39, 0.29) is 18.4 Å². The molecule has 0 radical (unpaired) electrons. The van der Waals surface area contributed by atoms with Crippen LogP contribution in [0.2, 0.25) is 0 Å². The van der Waals surface area contributed by atoms with Gasteiger partial charge in [-0.25, -0.2) is 0 Å². The number of aromatic amines is 1. The number of nitrogens with zero attached hydrogens (tertiary/aromatic N) is 3. The molecule has 1 fully saturated rings. The highest BCUT2D eigenvalue weighted by Crippen LogP contribution is 2.21. The van der Waals surface area contributed by atoms with Gasteiger partial charge in [-0.05, 0) is 32.7 Å². The Morgan fingerprint density at radius 1 is 1.18 bits per heavy atom. The van der Waals surface area contributed by atoms with Crippen molar-refractivity contribution in [1.82, 2.24) is 25.3 Å². The Morgan fingerprint density at radius 3 is 2.68 bits per heavy atom. The first-order valence-electron chi connectivity index (χ1n) is 7.96. The molecule has 0 unspecified atom stereocenters. The van der Waals surface area contributed by atoms with Gasteiger partial charge in [0.05, 0.1) is 6.54 Å². The zero-order valence-corrected chi connectivity index (χ0v) is 13.0. The molecule has 2 N–H and O–H groups in total. The minimum Gasteiger partial charge on any atom is -0.342 e. The van der Waals surface area contributed by atoms with E-state index in [0.717, 1.165) is 63.1 Å². The van der Waals surface area contributed by atoms with Gasteiger partial charge < -0.3 is 15.1 Å². The number of hydrogen-bond acceptors (Lipinski definition) is 4. The van der Waals surface area contributed by atoms with Crippen molar-refractivity contribution in [1.29, 1.82) is 0 Å². The van der Waals surface area contributed by atoms with Gasteiger partial charge in [-0.15, -0.1) is 0 Å². The molecular weight excluding hydrogens is 282 g/mol. The minimum absolute atomic E-state index is 0.0224. The lowest BCUT2D eigenvalue weighted by atomic mass is 9.96. The molecule has 1 aliphatic heterocycles. The van der Waals surface area contributed by atoms with Crippen molar-refractivity contribution in [2.45, 2.75) is 25.7 Å². The first-order chi connectivity index (χ1) is 10.6. The van der Waals surface area contributed by atoms with Crippen LogP contribution in [0.25, 0.3) is 0 Å². The Kier molecular flexibility index (Phi) is 4.42. The molecule has 7 heteroatoms. The van der Waals surface area contributed by atoms with E-state index < -0.39 is 0 Å². The van der Waals surface area contributed by atoms with Crippen LogP contribution in [-0.2, 0) is 17.6 Å². The van der Waals surface area contributed by atoms with Crippen molar-refractivity contribution >= 4 is 11.8 Å². The number of rotatable bonds is 3. The van der Waals surface area contributed by atoms with E-state index in [9.17, 15) is 9.59 Å². The van der Waals surface area contributed by atoms with Crippen molar-refractivity contribution < 1.29 is 9.59 Å². The van der Waals surface area contributed by atoms with Gasteiger partial charge in [0, 0.05) is 37.4 Å². The number of piperazine rings is 1. The lowest BCUT2D eigenvalue weighted by molar-refractivity contribution is -0.131. The molecule has 0 atom stereocenters. The summed E-state index contributed by atoms with van der Waals surface area (Å²) in [6, 6.07) is 0. The van der Waals surface area contributed by atoms with E-state index in [4.69, 9.17) is 0 Å². The van der Waals surface area contributed by atoms with Crippen molar-refractivity contribution in [3.8, 4) is 0 Å². The molecule has 120 valence electrons. The summed E-state index contributed by atoms with van der Waals surface area (Å²) in [6.07, 6.45) is 4.07. The van der Waals surface area contributed by atoms with Gasteiger partial charge in [-0.2, -0.15) is 5.10 Å². The fraction of sp³-hybridized carbons (Fsp3) is 0.667. The molecule has 0 aromatic carbocycles. The maximum absolute atomic E-state index is 12.2. The second kappa shape index (κ2) is 6.48. The highest BCUT2D eigenvalue weighted by atomic mass is 16.2. The molecule has 0 spiro atoms. The van der Waals surface area contributed by atoms with Crippen LogP contribution in [0.1, 0.15) is 34.6 Å². The summed E-state index contributed by atoms with van der Waals surface area (Å²) in [5.74, 6) is -0.271. The van der Waals surface area contributed by atoms with Crippen LogP contribution in [0.5, 0.6) is 0 Å². The molecule has 7 nitrogen and oxygen atoms in total. The summed E-state index contributed by atoms with van der Waals surface area (Å²) in [7, 11) is 2.05. The molecule has 2 heterocycles. The normalized spacial score (nSPS) is 18.9. The summed E-state index contributed by atoms with van der Waals surface area (Å²) in [5, 5.41) is 9.80. The minimum atomic E-state index is -0.248. The number of carbonyl (C=O) groups excluding carboxylic acids is 2. The number of likely N-dealkylation sites (N-methyl/N-ethyl adjacent to an activating group) is 1. The zero-order chi connectivity index (χ0) is 15.5. The van der Waals surface area contributed by atoms with Crippen LogP contribution in [-0.4, -0.2) is 71.6 Å². The molecule has 1 aromatic rings. The number of hydrogen-bond donors (Lipinski definition) is 2. The van der Waals surface area contributed by atoms with Gasteiger partial charge in [0.25, 0.3) is 5.91 Å². The predicted molar refractivity (Wildman–Crippen MR) is 81.6 cm³/mol. The van der Waals surface area contributed by atoms with Gasteiger partial charge in [0.2, 0.25) is 5.91 Å². The summed E-state index contributed by atoms with van der Waals surface area (Å²) in [6.45, 7) is 3.26. The topological polar surface area (TPSA) is 81.3 Å². The number of H-pyrrole nitrogens is 1. The molecule has 1 saturated heterocycles. The fourth-order valence-electron chi connectivity index (χ4n) is 3.08. The molecule has 0 bridgehead atoms. The Hall–Kier alpha value is -1.89. The molecule has 3 rings (SSSR count). The Balaban J connectivity index is 1.54. The number of amides is 2. The van der Waals surface area contributed by atoms with Gasteiger partial charge in [0.1, 0.15) is 0 Å². The molecule has 2 aliphatic rings. The van der Waals surface area contributed by atoms with Gasteiger partial charge in [-0.1, -0.05) is 0 Å². The second-order valence-electron chi connectivity index (χ2n) is 6.10. The molecule has 1 aliphatic carbocycles. The Bertz CT molecular complexity index is 560. The van der Waals surface area contributed by atoms with Crippen molar-refractivity contribution in [3.63, 3.8) is 0 Å². The van der Waals surface area contributed by atoms with Gasteiger partial charge in [0.15, 0.2) is 5.69 Å². The summed E-state index contributed by atoms with van der Waals surface area (Å²) in [4.78, 5) is 28.4. The third-order valence-corrected chi connectivity index (χ3v) is 4.53. The van der Waals surface area contributed by atoms with E-state index in [2.05, 4.69) is 20.4 Å². The predicted octanol–water partition coefficient (Wildman–Crippen LogP) is -0.208. The van der Waals surface area contributed by atoms with Crippen LogP contribution >= 0.6 is 0 Å². The van der Waals surface area contributed by atoms with Crippen LogP contribution in [0.4, 0.5) is 0 Å². The zero-order valence-electron chi connectivity index (χ0n) is 13.0. The summed E-state index contributed by atoms with van der Waals surface area (Å²) in [5.41, 5.74) is 2.55. The molecular formula is C15H23N5O2. The average Bonchev–Trinajstić information content (AvgIpc) is 2.97. The number of carbonyl (C=O) groups is 2. The molecule has 22 heavy (non-hydrogen) atoms. The number of aryl methyl sites for hydroxylation is 1. The Labute approximate surface area is 130 Å². The summed E-state index contributed by atoms with van der Waals surface area (Å²) >= 11 is 0. The highest BCUT2D eigenvalue weighted by molar-refractivity contribution is 5.96. The lowest BCUT2D eigenvalue weighted by Crippen LogP contribution is -2.50. The smallest absolute Gasteiger partial charge is 0.272 e. The summed E-state index contributed by atoms with van der Waals surface area (Å²) < 4.78 is 0. The standard InChI is InChI=1S/C15H23N5O2/c1-19-6-8-20(9-7-19)13(21)10-16-15(22)14-11-4-2-3-5-12(11)17-18-14/h2-10H2,1H3,(H,16,22)(H,17,18). The van der Waals surface area contributed by atoms with Gasteiger partial charge >= 0.3 is 0 Å². The van der Waals surface area contributed by atoms with Crippen molar-refractivity contribution in [2.24, 2.45) is 0 Å². The van der Waals surface area contributed by atoms with E-state index in [0.29, 0.717) is 5.69 Å². The SMILES string of the molecule is CN1CCN(C(=O)CNC(=O)c2n[nH]c3c2CCCC3)CC1. The van der Waals surface area contributed by atoms with Gasteiger partial charge in [-0.3, -0.25) is 14.7 Å².